The lowest BCUT2D eigenvalue weighted by Crippen LogP contribution is -2.31. The zero-order valence-corrected chi connectivity index (χ0v) is 15.3. The molecule has 136 valence electrons. The van der Waals surface area contributed by atoms with E-state index in [2.05, 4.69) is 17.2 Å². The molecule has 1 rings (SSSR count). The third-order valence-electron chi connectivity index (χ3n) is 3.74. The number of carbonyl (C=O) groups is 2. The summed E-state index contributed by atoms with van der Waals surface area (Å²) in [5.74, 6) is 0.301. The molecule has 1 aromatic heterocycles. The predicted molar refractivity (Wildman–Crippen MR) is 93.6 cm³/mol. The van der Waals surface area contributed by atoms with Gasteiger partial charge in [0, 0.05) is 19.5 Å². The largest absolute Gasteiger partial charge is 0.446 e. The number of rotatable bonds is 12. The van der Waals surface area contributed by atoms with Crippen molar-refractivity contribution in [2.24, 2.45) is 0 Å². The average molecular weight is 337 g/mol. The first kappa shape index (κ1) is 20.2. The molecule has 0 aromatic carbocycles. The first-order chi connectivity index (χ1) is 11.6. The molecule has 6 nitrogen and oxygen atoms in total. The number of nitrogens with one attached hydrogen (secondary N) is 1. The van der Waals surface area contributed by atoms with Gasteiger partial charge < -0.3 is 14.6 Å². The van der Waals surface area contributed by atoms with E-state index in [1.54, 1.807) is 4.90 Å². The number of carbonyl (C=O) groups excluding carboxylic acids is 2. The Bertz CT molecular complexity index is 499. The van der Waals surface area contributed by atoms with Crippen molar-refractivity contribution in [1.82, 2.24) is 15.2 Å². The smallest absolute Gasteiger partial charge is 0.273 e. The predicted octanol–water partition coefficient (Wildman–Crippen LogP) is 3.52. The van der Waals surface area contributed by atoms with Crippen molar-refractivity contribution in [2.75, 3.05) is 13.1 Å². The van der Waals surface area contributed by atoms with Crippen LogP contribution in [0.4, 0.5) is 0 Å². The Morgan fingerprint density at radius 3 is 2.58 bits per heavy atom. The van der Waals surface area contributed by atoms with Gasteiger partial charge in [-0.1, -0.05) is 40.0 Å². The van der Waals surface area contributed by atoms with Gasteiger partial charge in [0.15, 0.2) is 5.69 Å². The minimum Gasteiger partial charge on any atom is -0.446 e. The molecule has 24 heavy (non-hydrogen) atoms. The number of unbranched alkanes of at least 4 members (excludes halogenated alkanes) is 3. The van der Waals surface area contributed by atoms with Gasteiger partial charge in [0.1, 0.15) is 6.26 Å². The van der Waals surface area contributed by atoms with Crippen molar-refractivity contribution in [2.45, 2.75) is 72.3 Å². The van der Waals surface area contributed by atoms with Crippen LogP contribution in [0.5, 0.6) is 0 Å². The van der Waals surface area contributed by atoms with Crippen LogP contribution in [0.1, 0.15) is 82.1 Å². The summed E-state index contributed by atoms with van der Waals surface area (Å²) in [4.78, 5) is 30.2. The Morgan fingerprint density at radius 2 is 1.92 bits per heavy atom. The summed E-state index contributed by atoms with van der Waals surface area (Å²) in [6.45, 7) is 7.79. The molecule has 0 aliphatic carbocycles. The number of amides is 2. The van der Waals surface area contributed by atoms with E-state index in [4.69, 9.17) is 4.42 Å². The first-order valence-corrected chi connectivity index (χ1v) is 9.12. The number of hydrogen-bond acceptors (Lipinski definition) is 4. The molecule has 6 heteroatoms. The van der Waals surface area contributed by atoms with E-state index in [1.807, 2.05) is 13.8 Å². The zero-order chi connectivity index (χ0) is 17.8. The standard InChI is InChI=1S/C18H31N3O3/c1-4-7-8-9-10-17(22)21(12-6-3)13-16-20-15(14-24-16)18(23)19-11-5-2/h14H,4-13H2,1-3H3,(H,19,23). The molecule has 0 aliphatic rings. The van der Waals surface area contributed by atoms with Gasteiger partial charge in [-0.25, -0.2) is 4.98 Å². The summed E-state index contributed by atoms with van der Waals surface area (Å²) in [6.07, 6.45) is 7.99. The second-order valence-electron chi connectivity index (χ2n) is 6.01. The van der Waals surface area contributed by atoms with Crippen LogP contribution in [0.15, 0.2) is 10.7 Å². The summed E-state index contributed by atoms with van der Waals surface area (Å²) in [5.41, 5.74) is 0.269. The van der Waals surface area contributed by atoms with Gasteiger partial charge in [0.2, 0.25) is 11.8 Å². The Hall–Kier alpha value is -1.85. The summed E-state index contributed by atoms with van der Waals surface area (Å²) >= 11 is 0. The highest BCUT2D eigenvalue weighted by atomic mass is 16.3. The van der Waals surface area contributed by atoms with Crippen LogP contribution in [0, 0.1) is 0 Å². The lowest BCUT2D eigenvalue weighted by atomic mass is 10.1. The van der Waals surface area contributed by atoms with Gasteiger partial charge in [-0.3, -0.25) is 9.59 Å². The molecule has 0 bridgehead atoms. The lowest BCUT2D eigenvalue weighted by Gasteiger charge is -2.20. The molecule has 1 N–H and O–H groups in total. The van der Waals surface area contributed by atoms with E-state index in [-0.39, 0.29) is 17.5 Å². The van der Waals surface area contributed by atoms with Crippen LogP contribution < -0.4 is 5.32 Å². The van der Waals surface area contributed by atoms with Crippen LogP contribution in [0.3, 0.4) is 0 Å². The molecule has 0 atom stereocenters. The lowest BCUT2D eigenvalue weighted by molar-refractivity contribution is -0.132. The maximum atomic E-state index is 12.4. The van der Waals surface area contributed by atoms with Crippen molar-refractivity contribution in [3.63, 3.8) is 0 Å². The van der Waals surface area contributed by atoms with Crippen LogP contribution >= 0.6 is 0 Å². The van der Waals surface area contributed by atoms with Crippen molar-refractivity contribution < 1.29 is 14.0 Å². The summed E-state index contributed by atoms with van der Waals surface area (Å²) < 4.78 is 5.37. The number of aromatic nitrogens is 1. The van der Waals surface area contributed by atoms with E-state index in [0.29, 0.717) is 31.9 Å². The highest BCUT2D eigenvalue weighted by Crippen LogP contribution is 2.11. The molecule has 0 spiro atoms. The van der Waals surface area contributed by atoms with Crippen LogP contribution in [0.25, 0.3) is 0 Å². The zero-order valence-electron chi connectivity index (χ0n) is 15.3. The highest BCUT2D eigenvalue weighted by molar-refractivity contribution is 5.91. The van der Waals surface area contributed by atoms with Crippen LogP contribution in [-0.2, 0) is 11.3 Å². The summed E-state index contributed by atoms with van der Waals surface area (Å²) in [7, 11) is 0. The van der Waals surface area contributed by atoms with Gasteiger partial charge in [-0.2, -0.15) is 0 Å². The Morgan fingerprint density at radius 1 is 1.12 bits per heavy atom. The SMILES string of the molecule is CCCCCCC(=O)N(CCC)Cc1nc(C(=O)NCCC)co1. The quantitative estimate of drug-likeness (QED) is 0.592. The van der Waals surface area contributed by atoms with E-state index >= 15 is 0 Å². The van der Waals surface area contributed by atoms with Crippen molar-refractivity contribution in [3.05, 3.63) is 17.8 Å². The monoisotopic (exact) mass is 337 g/mol. The van der Waals surface area contributed by atoms with Gasteiger partial charge in [-0.05, 0) is 19.3 Å². The van der Waals surface area contributed by atoms with Crippen LogP contribution in [0.2, 0.25) is 0 Å². The third kappa shape index (κ3) is 7.15. The number of nitrogens with zero attached hydrogens (tertiary/aromatic N) is 2. The fourth-order valence-electron chi connectivity index (χ4n) is 2.40. The molecule has 0 aliphatic heterocycles. The van der Waals surface area contributed by atoms with E-state index in [9.17, 15) is 9.59 Å². The van der Waals surface area contributed by atoms with Crippen molar-refractivity contribution in [1.29, 1.82) is 0 Å². The Labute approximate surface area is 145 Å². The molecule has 0 saturated heterocycles. The topological polar surface area (TPSA) is 75.4 Å². The molecule has 2 amide bonds. The van der Waals surface area contributed by atoms with E-state index in [1.165, 1.54) is 6.26 Å². The third-order valence-corrected chi connectivity index (χ3v) is 3.74. The normalized spacial score (nSPS) is 10.6. The Balaban J connectivity index is 2.56. The van der Waals surface area contributed by atoms with Gasteiger partial charge in [-0.15, -0.1) is 0 Å². The second kappa shape index (κ2) is 11.6. The molecule has 1 aromatic rings. The van der Waals surface area contributed by atoms with Gasteiger partial charge in [0.05, 0.1) is 6.54 Å². The molecule has 1 heterocycles. The Kier molecular flexibility index (Phi) is 9.80. The summed E-state index contributed by atoms with van der Waals surface area (Å²) in [5, 5.41) is 2.76. The fraction of sp³-hybridized carbons (Fsp3) is 0.722. The van der Waals surface area contributed by atoms with Crippen molar-refractivity contribution in [3.8, 4) is 0 Å². The molecule has 0 saturated carbocycles. The highest BCUT2D eigenvalue weighted by Gasteiger charge is 2.17. The maximum absolute atomic E-state index is 12.4. The van der Waals surface area contributed by atoms with Crippen LogP contribution in [-0.4, -0.2) is 34.8 Å². The van der Waals surface area contributed by atoms with E-state index in [0.717, 1.165) is 38.5 Å². The fourth-order valence-corrected chi connectivity index (χ4v) is 2.40. The summed E-state index contributed by atoms with van der Waals surface area (Å²) in [6, 6.07) is 0. The number of oxazole rings is 1. The number of hydrogen-bond donors (Lipinski definition) is 1. The molecule has 0 radical (unpaired) electrons. The van der Waals surface area contributed by atoms with Gasteiger partial charge >= 0.3 is 0 Å². The minimum atomic E-state index is -0.236. The molecule has 0 fully saturated rings. The minimum absolute atomic E-state index is 0.128. The van der Waals surface area contributed by atoms with E-state index < -0.39 is 0 Å². The molecular weight excluding hydrogens is 306 g/mol. The second-order valence-corrected chi connectivity index (χ2v) is 6.01. The average Bonchev–Trinajstić information content (AvgIpc) is 3.04. The first-order valence-electron chi connectivity index (χ1n) is 9.12. The molecular formula is C18H31N3O3. The van der Waals surface area contributed by atoms with Gasteiger partial charge in [0.25, 0.3) is 5.91 Å². The molecule has 0 unspecified atom stereocenters. The van der Waals surface area contributed by atoms with Crippen molar-refractivity contribution >= 4 is 11.8 Å². The maximum Gasteiger partial charge on any atom is 0.273 e.